The molecule has 6 heteroatoms. The maximum Gasteiger partial charge on any atom is 0.253 e. The van der Waals surface area contributed by atoms with E-state index in [-0.39, 0.29) is 42.9 Å². The second-order valence-electron chi connectivity index (χ2n) is 6.02. The molecule has 0 spiro atoms. The molecule has 1 aliphatic rings. The zero-order valence-corrected chi connectivity index (χ0v) is 14.0. The zero-order valence-electron chi connectivity index (χ0n) is 14.0. The Morgan fingerprint density at radius 3 is 2.29 bits per heavy atom. The normalized spacial score (nSPS) is 15.2. The number of carbonyl (C=O) groups excluding carboxylic acids is 3. The Bertz CT molecular complexity index is 608. The van der Waals surface area contributed by atoms with E-state index in [1.54, 1.807) is 0 Å². The molecule has 6 nitrogen and oxygen atoms in total. The number of nitrogens with zero attached hydrogens (tertiary/aromatic N) is 1. The van der Waals surface area contributed by atoms with Gasteiger partial charge in [0, 0.05) is 31.3 Å². The van der Waals surface area contributed by atoms with Crippen LogP contribution in [0.4, 0.5) is 0 Å². The Hall–Kier alpha value is -2.47. The van der Waals surface area contributed by atoms with Crippen molar-refractivity contribution in [1.82, 2.24) is 15.5 Å². The van der Waals surface area contributed by atoms with Gasteiger partial charge in [0.15, 0.2) is 0 Å². The molecule has 24 heavy (non-hydrogen) atoms. The summed E-state index contributed by atoms with van der Waals surface area (Å²) in [6, 6.07) is 9.58. The molecule has 0 aliphatic carbocycles. The molecule has 1 atom stereocenters. The molecule has 0 fully saturated rings. The highest BCUT2D eigenvalue weighted by Crippen LogP contribution is 2.05. The Balaban J connectivity index is 1.88. The number of carbonyl (C=O) groups is 3. The fraction of sp³-hybridized carbons (Fsp3) is 0.389. The van der Waals surface area contributed by atoms with Gasteiger partial charge in [0.05, 0.1) is 6.04 Å². The molecule has 0 radical (unpaired) electrons. The van der Waals surface area contributed by atoms with E-state index >= 15 is 0 Å². The first-order valence-corrected chi connectivity index (χ1v) is 8.08. The van der Waals surface area contributed by atoms with Gasteiger partial charge in [0.1, 0.15) is 0 Å². The summed E-state index contributed by atoms with van der Waals surface area (Å²) in [6.07, 6.45) is 3.05. The number of hydrogen-bond donors (Lipinski definition) is 2. The third-order valence-electron chi connectivity index (χ3n) is 3.67. The number of benzene rings is 1. The molecule has 1 unspecified atom stereocenters. The molecule has 1 aromatic carbocycles. The van der Waals surface area contributed by atoms with Crippen LogP contribution in [-0.4, -0.2) is 47.8 Å². The van der Waals surface area contributed by atoms with E-state index < -0.39 is 0 Å². The predicted molar refractivity (Wildman–Crippen MR) is 91.1 cm³/mol. The maximum atomic E-state index is 12.4. The molecule has 0 saturated carbocycles. The SMILES string of the molecule is CC(C)NC(Cc1ccccc1)C(=O)NCCN1C(=O)C=CC1=O. The number of nitrogens with one attached hydrogen (secondary N) is 2. The first kappa shape index (κ1) is 17.9. The van der Waals surface area contributed by atoms with Crippen molar-refractivity contribution in [2.45, 2.75) is 32.4 Å². The molecule has 1 heterocycles. The van der Waals surface area contributed by atoms with E-state index in [0.717, 1.165) is 10.5 Å². The van der Waals surface area contributed by atoms with Crippen molar-refractivity contribution in [2.75, 3.05) is 13.1 Å². The monoisotopic (exact) mass is 329 g/mol. The molecule has 0 saturated heterocycles. The molecule has 3 amide bonds. The third-order valence-corrected chi connectivity index (χ3v) is 3.67. The molecule has 0 bridgehead atoms. The van der Waals surface area contributed by atoms with Gasteiger partial charge in [0.25, 0.3) is 11.8 Å². The van der Waals surface area contributed by atoms with Crippen LogP contribution >= 0.6 is 0 Å². The first-order valence-electron chi connectivity index (χ1n) is 8.08. The van der Waals surface area contributed by atoms with Crippen molar-refractivity contribution in [3.8, 4) is 0 Å². The average molecular weight is 329 g/mol. The summed E-state index contributed by atoms with van der Waals surface area (Å²) < 4.78 is 0. The summed E-state index contributed by atoms with van der Waals surface area (Å²) in [6.45, 7) is 4.39. The highest BCUT2D eigenvalue weighted by molar-refractivity contribution is 6.12. The number of rotatable bonds is 8. The van der Waals surface area contributed by atoms with E-state index in [9.17, 15) is 14.4 Å². The Morgan fingerprint density at radius 2 is 1.71 bits per heavy atom. The van der Waals surface area contributed by atoms with Gasteiger partial charge in [-0.2, -0.15) is 0 Å². The average Bonchev–Trinajstić information content (AvgIpc) is 2.86. The Kier molecular flexibility index (Phi) is 6.26. The van der Waals surface area contributed by atoms with Gasteiger partial charge in [-0.15, -0.1) is 0 Å². The fourth-order valence-electron chi connectivity index (χ4n) is 2.55. The van der Waals surface area contributed by atoms with Crippen LogP contribution in [-0.2, 0) is 20.8 Å². The largest absolute Gasteiger partial charge is 0.353 e. The minimum atomic E-state index is -0.365. The van der Waals surface area contributed by atoms with Crippen LogP contribution in [0.1, 0.15) is 19.4 Å². The summed E-state index contributed by atoms with van der Waals surface area (Å²) in [5.74, 6) is -0.814. The lowest BCUT2D eigenvalue weighted by Gasteiger charge is -2.22. The van der Waals surface area contributed by atoms with Crippen LogP contribution in [0.15, 0.2) is 42.5 Å². The lowest BCUT2D eigenvalue weighted by Crippen LogP contribution is -2.49. The highest BCUT2D eigenvalue weighted by Gasteiger charge is 2.24. The van der Waals surface area contributed by atoms with E-state index in [4.69, 9.17) is 0 Å². The van der Waals surface area contributed by atoms with Crippen LogP contribution in [0, 0.1) is 0 Å². The van der Waals surface area contributed by atoms with Crippen molar-refractivity contribution < 1.29 is 14.4 Å². The lowest BCUT2D eigenvalue weighted by atomic mass is 10.0. The minimum Gasteiger partial charge on any atom is -0.353 e. The smallest absolute Gasteiger partial charge is 0.253 e. The molecular formula is C18H23N3O3. The topological polar surface area (TPSA) is 78.5 Å². The minimum absolute atomic E-state index is 0.139. The van der Waals surface area contributed by atoms with E-state index in [0.29, 0.717) is 6.42 Å². The first-order chi connectivity index (χ1) is 11.5. The van der Waals surface area contributed by atoms with Gasteiger partial charge in [0.2, 0.25) is 5.91 Å². The van der Waals surface area contributed by atoms with Crippen LogP contribution < -0.4 is 10.6 Å². The highest BCUT2D eigenvalue weighted by atomic mass is 16.2. The summed E-state index contributed by atoms with van der Waals surface area (Å²) >= 11 is 0. The second kappa shape index (κ2) is 8.40. The van der Waals surface area contributed by atoms with E-state index in [2.05, 4.69) is 10.6 Å². The third kappa shape index (κ3) is 5.03. The summed E-state index contributed by atoms with van der Waals surface area (Å²) in [5, 5.41) is 6.05. The van der Waals surface area contributed by atoms with Gasteiger partial charge < -0.3 is 10.6 Å². The van der Waals surface area contributed by atoms with Crippen molar-refractivity contribution >= 4 is 17.7 Å². The number of amides is 3. The van der Waals surface area contributed by atoms with Crippen LogP contribution in [0.25, 0.3) is 0 Å². The van der Waals surface area contributed by atoms with Crippen molar-refractivity contribution in [3.63, 3.8) is 0 Å². The second-order valence-corrected chi connectivity index (χ2v) is 6.02. The van der Waals surface area contributed by atoms with Gasteiger partial charge in [-0.3, -0.25) is 19.3 Å². The van der Waals surface area contributed by atoms with Gasteiger partial charge in [-0.1, -0.05) is 44.2 Å². The maximum absolute atomic E-state index is 12.4. The van der Waals surface area contributed by atoms with E-state index in [1.165, 1.54) is 12.2 Å². The van der Waals surface area contributed by atoms with Crippen LogP contribution in [0.5, 0.6) is 0 Å². The molecule has 1 aliphatic heterocycles. The van der Waals surface area contributed by atoms with Crippen molar-refractivity contribution in [3.05, 3.63) is 48.0 Å². The van der Waals surface area contributed by atoms with Gasteiger partial charge in [-0.25, -0.2) is 0 Å². The van der Waals surface area contributed by atoms with Gasteiger partial charge in [-0.05, 0) is 12.0 Å². The Labute approximate surface area is 141 Å². The quantitative estimate of drug-likeness (QED) is 0.686. The molecule has 128 valence electrons. The van der Waals surface area contributed by atoms with Crippen LogP contribution in [0.3, 0.4) is 0 Å². The van der Waals surface area contributed by atoms with Gasteiger partial charge >= 0.3 is 0 Å². The van der Waals surface area contributed by atoms with Crippen LogP contribution in [0.2, 0.25) is 0 Å². The zero-order chi connectivity index (χ0) is 17.5. The molecular weight excluding hydrogens is 306 g/mol. The van der Waals surface area contributed by atoms with E-state index in [1.807, 2.05) is 44.2 Å². The summed E-state index contributed by atoms with van der Waals surface area (Å²) in [4.78, 5) is 36.5. The Morgan fingerprint density at radius 1 is 1.08 bits per heavy atom. The molecule has 2 N–H and O–H groups in total. The lowest BCUT2D eigenvalue weighted by molar-refractivity contribution is -0.137. The number of imide groups is 1. The molecule has 0 aromatic heterocycles. The van der Waals surface area contributed by atoms with Crippen molar-refractivity contribution in [2.24, 2.45) is 0 Å². The van der Waals surface area contributed by atoms with Crippen molar-refractivity contribution in [1.29, 1.82) is 0 Å². The molecule has 2 rings (SSSR count). The standard InChI is InChI=1S/C18H23N3O3/c1-13(2)20-15(12-14-6-4-3-5-7-14)18(24)19-10-11-21-16(22)8-9-17(21)23/h3-9,13,15,20H,10-12H2,1-2H3,(H,19,24). The predicted octanol–water partition coefficient (Wildman–Crippen LogP) is 0.637. The fourth-order valence-corrected chi connectivity index (χ4v) is 2.55. The number of hydrogen-bond acceptors (Lipinski definition) is 4. The molecule has 1 aromatic rings. The summed E-state index contributed by atoms with van der Waals surface area (Å²) in [7, 11) is 0. The summed E-state index contributed by atoms with van der Waals surface area (Å²) in [5.41, 5.74) is 1.07.